The second kappa shape index (κ2) is 8.28. The number of aromatic nitrogens is 3. The molecule has 31 heavy (non-hydrogen) atoms. The maximum Gasteiger partial charge on any atom is 0.160 e. The van der Waals surface area contributed by atoms with Gasteiger partial charge in [-0.25, -0.2) is 9.97 Å². The average molecular weight is 428 g/mol. The molecule has 6 nitrogen and oxygen atoms in total. The maximum absolute atomic E-state index is 11.3. The number of fused-ring (bicyclic) bond motifs is 1. The molecular formula is C25H37N3O3. The highest BCUT2D eigenvalue weighted by Gasteiger charge is 2.53. The van der Waals surface area contributed by atoms with Crippen LogP contribution in [0.3, 0.4) is 0 Å². The summed E-state index contributed by atoms with van der Waals surface area (Å²) in [6, 6.07) is 4.36. The van der Waals surface area contributed by atoms with Crippen molar-refractivity contribution in [3.63, 3.8) is 0 Å². The number of hydrogen-bond donors (Lipinski definition) is 2. The minimum atomic E-state index is -0.906. The van der Waals surface area contributed by atoms with Gasteiger partial charge in [-0.3, -0.25) is 4.79 Å². The van der Waals surface area contributed by atoms with Crippen LogP contribution in [0.5, 0.6) is 0 Å². The highest BCUT2D eigenvalue weighted by molar-refractivity contribution is 5.79. The van der Waals surface area contributed by atoms with Gasteiger partial charge in [-0.1, -0.05) is 6.92 Å². The highest BCUT2D eigenvalue weighted by atomic mass is 16.3. The Morgan fingerprint density at radius 1 is 1.06 bits per heavy atom. The first-order chi connectivity index (χ1) is 14.6. The minimum absolute atomic E-state index is 0.223. The van der Waals surface area contributed by atoms with E-state index in [2.05, 4.69) is 14.5 Å². The fraction of sp³-hybridized carbons (Fsp3) is 0.720. The fourth-order valence-electron chi connectivity index (χ4n) is 4.74. The van der Waals surface area contributed by atoms with Crippen molar-refractivity contribution in [1.82, 2.24) is 14.5 Å². The van der Waals surface area contributed by atoms with Crippen molar-refractivity contribution in [2.24, 2.45) is 11.8 Å². The van der Waals surface area contributed by atoms with Crippen molar-refractivity contribution in [2.75, 3.05) is 0 Å². The van der Waals surface area contributed by atoms with E-state index in [-0.39, 0.29) is 5.78 Å². The van der Waals surface area contributed by atoms with Gasteiger partial charge in [0.1, 0.15) is 22.7 Å². The van der Waals surface area contributed by atoms with Crippen molar-refractivity contribution in [3.8, 4) is 0 Å². The first kappa shape index (κ1) is 22.4. The molecule has 2 aromatic heterocycles. The second-order valence-electron chi connectivity index (χ2n) is 10.3. The largest absolute Gasteiger partial charge is 0.389 e. The van der Waals surface area contributed by atoms with Crippen LogP contribution in [0.1, 0.15) is 96.1 Å². The molecule has 2 N–H and O–H groups in total. The van der Waals surface area contributed by atoms with Crippen LogP contribution in [-0.2, 0) is 10.4 Å². The van der Waals surface area contributed by atoms with Gasteiger partial charge in [0.05, 0.1) is 11.3 Å². The highest BCUT2D eigenvalue weighted by Crippen LogP contribution is 2.53. The van der Waals surface area contributed by atoms with Crippen molar-refractivity contribution < 1.29 is 15.0 Å². The molecule has 0 bridgehead atoms. The van der Waals surface area contributed by atoms with Gasteiger partial charge in [-0.15, -0.1) is 0 Å². The third-order valence-electron chi connectivity index (χ3n) is 7.22. The topological polar surface area (TPSA) is 88.2 Å². The summed E-state index contributed by atoms with van der Waals surface area (Å²) in [5.41, 5.74) is 1.03. The molecule has 6 heteroatoms. The first-order valence-electron chi connectivity index (χ1n) is 12.0. The summed E-state index contributed by atoms with van der Waals surface area (Å²) in [6.07, 6.45) is 9.21. The summed E-state index contributed by atoms with van der Waals surface area (Å²) in [6.45, 7) is 7.43. The van der Waals surface area contributed by atoms with Gasteiger partial charge in [-0.2, -0.15) is 0 Å². The van der Waals surface area contributed by atoms with Crippen molar-refractivity contribution in [1.29, 1.82) is 0 Å². The second-order valence-corrected chi connectivity index (χ2v) is 10.3. The molecule has 0 aromatic carbocycles. The minimum Gasteiger partial charge on any atom is -0.389 e. The van der Waals surface area contributed by atoms with Gasteiger partial charge in [0, 0.05) is 18.9 Å². The number of carbonyl (C=O) groups excluding carboxylic acids is 1. The van der Waals surface area contributed by atoms with Crippen LogP contribution in [0, 0.1) is 18.8 Å². The van der Waals surface area contributed by atoms with Crippen LogP contribution in [0.4, 0.5) is 0 Å². The Bertz CT molecular complexity index is 935. The summed E-state index contributed by atoms with van der Waals surface area (Å²) >= 11 is 0. The summed E-state index contributed by atoms with van der Waals surface area (Å²) in [4.78, 5) is 20.5. The maximum atomic E-state index is 11.3. The number of nitrogens with zero attached hydrogens (tertiary/aromatic N) is 3. The predicted molar refractivity (Wildman–Crippen MR) is 121 cm³/mol. The van der Waals surface area contributed by atoms with E-state index in [1.807, 2.05) is 26.0 Å². The van der Waals surface area contributed by atoms with Gasteiger partial charge < -0.3 is 14.8 Å². The Hall–Kier alpha value is -1.79. The van der Waals surface area contributed by atoms with Gasteiger partial charge in [0.2, 0.25) is 0 Å². The van der Waals surface area contributed by atoms with Crippen LogP contribution < -0.4 is 0 Å². The molecule has 0 spiro atoms. The molecule has 0 unspecified atom stereocenters. The van der Waals surface area contributed by atoms with E-state index >= 15 is 0 Å². The molecule has 0 amide bonds. The molecule has 3 fully saturated rings. The van der Waals surface area contributed by atoms with Crippen molar-refractivity contribution >= 4 is 16.9 Å². The molecule has 2 aromatic rings. The fourth-order valence-corrected chi connectivity index (χ4v) is 4.74. The molecule has 0 radical (unpaired) electrons. The molecule has 170 valence electrons. The number of pyridine rings is 1. The Morgan fingerprint density at radius 3 is 2.13 bits per heavy atom. The lowest BCUT2D eigenvalue weighted by Crippen LogP contribution is -2.36. The van der Waals surface area contributed by atoms with Gasteiger partial charge in [0.25, 0.3) is 0 Å². The Labute approximate surface area is 185 Å². The van der Waals surface area contributed by atoms with E-state index in [0.29, 0.717) is 36.4 Å². The Kier molecular flexibility index (Phi) is 5.99. The molecule has 2 heterocycles. The Morgan fingerprint density at radius 2 is 1.68 bits per heavy atom. The number of Topliss-reactive ketones (excluding diaryl/α,β-unsaturated/α-hetero) is 1. The monoisotopic (exact) mass is 427 g/mol. The summed E-state index contributed by atoms with van der Waals surface area (Å²) in [5, 5.41) is 20.4. The summed E-state index contributed by atoms with van der Waals surface area (Å²) in [7, 11) is 0. The quantitative estimate of drug-likeness (QED) is 0.674. The zero-order valence-corrected chi connectivity index (χ0v) is 19.4. The number of aryl methyl sites for hydroxylation is 1. The normalized spacial score (nSPS) is 19.7. The molecule has 5 rings (SSSR count). The SMILES string of the molecule is CCC(=O)CC(O)(C1CC1)C1CC1.Cc1nc2ccc(C(C)(C)O)nc2n1C1CCC1. The van der Waals surface area contributed by atoms with Crippen molar-refractivity contribution in [2.45, 2.75) is 103 Å². The average Bonchev–Trinajstić information content (AvgIpc) is 3.56. The standard InChI is InChI=1S/C14H19N3O.C11H18O2/c1-9-15-11-7-8-12(14(2,3)18)16-13(11)17(9)10-5-4-6-10;1-2-10(12)7-11(13,8-3-4-8)9-5-6-9/h7-8,10,18H,4-6H2,1-3H3;8-9,13H,2-7H2,1H3. The first-order valence-corrected chi connectivity index (χ1v) is 12.0. The van der Waals surface area contributed by atoms with Crippen LogP contribution in [0.15, 0.2) is 12.1 Å². The van der Waals surface area contributed by atoms with E-state index in [9.17, 15) is 15.0 Å². The number of aliphatic hydroxyl groups is 2. The van der Waals surface area contributed by atoms with Gasteiger partial charge in [-0.05, 0) is 89.7 Å². The lowest BCUT2D eigenvalue weighted by molar-refractivity contribution is -0.125. The number of rotatable bonds is 7. The zero-order valence-electron chi connectivity index (χ0n) is 19.4. The molecule has 3 saturated carbocycles. The summed E-state index contributed by atoms with van der Waals surface area (Å²) < 4.78 is 2.23. The van der Waals surface area contributed by atoms with E-state index < -0.39 is 11.2 Å². The van der Waals surface area contributed by atoms with Gasteiger partial charge >= 0.3 is 0 Å². The number of ketones is 1. The smallest absolute Gasteiger partial charge is 0.160 e. The molecule has 0 aliphatic heterocycles. The van der Waals surface area contributed by atoms with Crippen LogP contribution >= 0.6 is 0 Å². The van der Waals surface area contributed by atoms with Crippen LogP contribution in [0.25, 0.3) is 11.2 Å². The number of imidazole rings is 1. The number of carbonyl (C=O) groups is 1. The van der Waals surface area contributed by atoms with E-state index in [1.54, 1.807) is 13.8 Å². The zero-order chi connectivity index (χ0) is 22.4. The molecule has 3 aliphatic rings. The summed E-state index contributed by atoms with van der Waals surface area (Å²) in [5.74, 6) is 2.13. The lowest BCUT2D eigenvalue weighted by atomic mass is 9.86. The Balaban J connectivity index is 0.000000158. The van der Waals surface area contributed by atoms with E-state index in [4.69, 9.17) is 0 Å². The molecular weight excluding hydrogens is 390 g/mol. The van der Waals surface area contributed by atoms with E-state index in [1.165, 1.54) is 19.3 Å². The third-order valence-corrected chi connectivity index (χ3v) is 7.22. The predicted octanol–water partition coefficient (Wildman–Crippen LogP) is 4.60. The third kappa shape index (κ3) is 4.70. The molecule has 3 aliphatic carbocycles. The molecule has 0 saturated heterocycles. The van der Waals surface area contributed by atoms with Crippen molar-refractivity contribution in [3.05, 3.63) is 23.7 Å². The van der Waals surface area contributed by atoms with Crippen LogP contribution in [0.2, 0.25) is 0 Å². The lowest BCUT2D eigenvalue weighted by Gasteiger charge is -2.28. The van der Waals surface area contributed by atoms with Crippen LogP contribution in [-0.4, -0.2) is 36.1 Å². The molecule has 0 atom stereocenters. The van der Waals surface area contributed by atoms with Gasteiger partial charge in [0.15, 0.2) is 5.65 Å². The number of hydrogen-bond acceptors (Lipinski definition) is 5. The van der Waals surface area contributed by atoms with E-state index in [0.717, 1.165) is 42.7 Å².